The third-order valence-corrected chi connectivity index (χ3v) is 18.1. The molecule has 366 valence electrons. The predicted molar refractivity (Wildman–Crippen MR) is 341 cm³/mol. The summed E-state index contributed by atoms with van der Waals surface area (Å²) in [6, 6.07) is 105. The van der Waals surface area contributed by atoms with Gasteiger partial charge in [0.05, 0.1) is 0 Å². The third-order valence-electron chi connectivity index (χ3n) is 18.1. The van der Waals surface area contributed by atoms with Crippen LogP contribution < -0.4 is 42.6 Å². The first kappa shape index (κ1) is 43.9. The van der Waals surface area contributed by atoms with Gasteiger partial charge in [0, 0.05) is 34.1 Å². The molecule has 0 radical (unpaired) electrons. The summed E-state index contributed by atoms with van der Waals surface area (Å²) in [7, 11) is 0. The van der Waals surface area contributed by atoms with E-state index in [1.165, 1.54) is 132 Å². The summed E-state index contributed by atoms with van der Waals surface area (Å²) in [5, 5.41) is 8.07. The molecule has 14 aromatic rings. The monoisotopic (exact) mass is 1010 g/mol. The molecule has 0 aromatic heterocycles. The second-order valence-electron chi connectivity index (χ2n) is 22.2. The zero-order chi connectivity index (χ0) is 52.2. The number of anilines is 6. The highest BCUT2D eigenvalue weighted by Crippen LogP contribution is 2.53. The number of para-hydroxylation sites is 4. The standard InChI is InChI=1S/C76H46B2N2/c1-7-23-47(24-8-1)57-43-59-65-41-53(79(49-27-11-3-12-28-49)50-29-13-4-14-30-50)39-63-55-35-20-22-38-68(55)78(75(63)65)70-46-62-58(48-25-9-2-10-26-48)44-60-66-42-54(80(51-31-15-5-16-32-51)52-33-17-6-18-34-52)40-64-56-36-19-21-37-67(56)77(76(64)66)69-45-61(57)73(71(59)70)74(62)72(60)69/h1-46H. The Bertz CT molecular complexity index is 4480. The molecule has 0 amide bonds. The lowest BCUT2D eigenvalue weighted by Gasteiger charge is -2.34. The Labute approximate surface area is 465 Å². The fourth-order valence-corrected chi connectivity index (χ4v) is 15.1. The topological polar surface area (TPSA) is 6.48 Å². The molecular formula is C76H46B2N2. The summed E-state index contributed by atoms with van der Waals surface area (Å²) in [5.41, 5.74) is 30.6. The highest BCUT2D eigenvalue weighted by molar-refractivity contribution is 7.03. The smallest absolute Gasteiger partial charge is 0.244 e. The van der Waals surface area contributed by atoms with Gasteiger partial charge in [0.15, 0.2) is 0 Å². The van der Waals surface area contributed by atoms with Crippen LogP contribution >= 0.6 is 0 Å². The second-order valence-corrected chi connectivity index (χ2v) is 22.2. The summed E-state index contributed by atoms with van der Waals surface area (Å²) in [6.45, 7) is 0.0815. The van der Waals surface area contributed by atoms with Crippen LogP contribution in [0.3, 0.4) is 0 Å². The molecule has 4 aliphatic heterocycles. The van der Waals surface area contributed by atoms with Gasteiger partial charge in [-0.15, -0.1) is 0 Å². The molecule has 18 rings (SSSR count). The third kappa shape index (κ3) is 6.05. The summed E-state index contributed by atoms with van der Waals surface area (Å²) in [4.78, 5) is 4.89. The minimum Gasteiger partial charge on any atom is -0.310 e. The van der Waals surface area contributed by atoms with Crippen LogP contribution in [-0.4, -0.2) is 13.4 Å². The van der Waals surface area contributed by atoms with Crippen LogP contribution in [0.25, 0.3) is 99.1 Å². The van der Waals surface area contributed by atoms with E-state index in [9.17, 15) is 0 Å². The first-order chi connectivity index (χ1) is 39.7. The van der Waals surface area contributed by atoms with Gasteiger partial charge in [-0.1, -0.05) is 227 Å². The Morgan fingerprint density at radius 2 is 0.500 bits per heavy atom. The zero-order valence-electron chi connectivity index (χ0n) is 43.6. The zero-order valence-corrected chi connectivity index (χ0v) is 43.6. The lowest BCUT2D eigenvalue weighted by Crippen LogP contribution is -2.53. The maximum atomic E-state index is 2.65. The maximum absolute atomic E-state index is 2.65. The molecule has 0 saturated carbocycles. The highest BCUT2D eigenvalue weighted by Gasteiger charge is 2.45. The van der Waals surface area contributed by atoms with E-state index >= 15 is 0 Å². The molecule has 0 fully saturated rings. The predicted octanol–water partition coefficient (Wildman–Crippen LogP) is 15.8. The van der Waals surface area contributed by atoms with Crippen molar-refractivity contribution in [2.24, 2.45) is 0 Å². The van der Waals surface area contributed by atoms with Crippen molar-refractivity contribution >= 4 is 113 Å². The molecule has 2 nitrogen and oxygen atoms in total. The van der Waals surface area contributed by atoms with Crippen LogP contribution in [0.2, 0.25) is 0 Å². The molecule has 0 N–H and O–H groups in total. The summed E-state index contributed by atoms with van der Waals surface area (Å²) in [6.07, 6.45) is 0. The minimum absolute atomic E-state index is 0.0408. The van der Waals surface area contributed by atoms with Crippen molar-refractivity contribution in [1.29, 1.82) is 0 Å². The Hall–Kier alpha value is -10.2. The average Bonchev–Trinajstić information content (AvgIpc) is 2.71. The van der Waals surface area contributed by atoms with E-state index in [2.05, 4.69) is 289 Å². The molecular weight excluding hydrogens is 962 g/mol. The molecule has 14 aromatic carbocycles. The largest absolute Gasteiger partial charge is 0.310 e. The van der Waals surface area contributed by atoms with E-state index in [0.29, 0.717) is 0 Å². The molecule has 80 heavy (non-hydrogen) atoms. The second kappa shape index (κ2) is 16.7. The van der Waals surface area contributed by atoms with E-state index in [1.807, 2.05) is 0 Å². The number of rotatable bonds is 8. The van der Waals surface area contributed by atoms with E-state index < -0.39 is 0 Å². The molecule has 0 saturated heterocycles. The van der Waals surface area contributed by atoms with Crippen LogP contribution in [-0.2, 0) is 0 Å². The van der Waals surface area contributed by atoms with Crippen molar-refractivity contribution in [3.05, 3.63) is 279 Å². The number of fused-ring (bicyclic) bond motifs is 10. The van der Waals surface area contributed by atoms with Crippen LogP contribution in [0.1, 0.15) is 0 Å². The van der Waals surface area contributed by atoms with Crippen LogP contribution in [0, 0.1) is 0 Å². The van der Waals surface area contributed by atoms with E-state index in [4.69, 9.17) is 0 Å². The Morgan fingerprint density at radius 1 is 0.200 bits per heavy atom. The maximum Gasteiger partial charge on any atom is 0.244 e. The molecule has 4 heteroatoms. The van der Waals surface area contributed by atoms with Gasteiger partial charge < -0.3 is 9.80 Å². The van der Waals surface area contributed by atoms with Crippen molar-refractivity contribution in [3.63, 3.8) is 0 Å². The summed E-state index contributed by atoms with van der Waals surface area (Å²) in [5.74, 6) is 0. The Kier molecular flexibility index (Phi) is 9.15. The number of hydrogen-bond donors (Lipinski definition) is 0. The number of benzene rings is 14. The van der Waals surface area contributed by atoms with Crippen LogP contribution in [0.15, 0.2) is 279 Å². The minimum atomic E-state index is 0.0408. The number of hydrogen-bond acceptors (Lipinski definition) is 2. The van der Waals surface area contributed by atoms with Crippen LogP contribution in [0.5, 0.6) is 0 Å². The molecule has 0 bridgehead atoms. The lowest BCUT2D eigenvalue weighted by molar-refractivity contribution is 1.29. The summed E-state index contributed by atoms with van der Waals surface area (Å²) < 4.78 is 0. The van der Waals surface area contributed by atoms with Gasteiger partial charge in [0.25, 0.3) is 0 Å². The van der Waals surface area contributed by atoms with Gasteiger partial charge >= 0.3 is 0 Å². The lowest BCUT2D eigenvalue weighted by atomic mass is 9.34. The summed E-state index contributed by atoms with van der Waals surface area (Å²) >= 11 is 0. The van der Waals surface area contributed by atoms with Crippen molar-refractivity contribution in [2.45, 2.75) is 0 Å². The van der Waals surface area contributed by atoms with Crippen LogP contribution in [0.4, 0.5) is 34.1 Å². The molecule has 0 spiro atoms. The molecule has 4 heterocycles. The first-order valence-corrected chi connectivity index (χ1v) is 28.1. The molecule has 0 aliphatic carbocycles. The van der Waals surface area contributed by atoms with Crippen molar-refractivity contribution in [1.82, 2.24) is 0 Å². The Morgan fingerprint density at radius 3 is 0.850 bits per heavy atom. The van der Waals surface area contributed by atoms with E-state index in [0.717, 1.165) is 34.1 Å². The molecule has 0 unspecified atom stereocenters. The van der Waals surface area contributed by atoms with Gasteiger partial charge in [-0.2, -0.15) is 0 Å². The SMILES string of the molecule is c1ccc(-c2cc3c4c(cc5c(-c6ccccc6)cc6c7c(cc2c4c57)B2c4ccccc4-c4cc(N(c5ccccc5)c5ccccc5)cc-6c42)B2c4ccccc4-c4cc(N(c5ccccc5)c5ccccc5)cc-3c42)cc1. The van der Waals surface area contributed by atoms with Gasteiger partial charge in [-0.25, -0.2) is 0 Å². The fraction of sp³-hybridized carbons (Fsp3) is 0. The first-order valence-electron chi connectivity index (χ1n) is 28.1. The van der Waals surface area contributed by atoms with E-state index in [1.54, 1.807) is 0 Å². The normalized spacial score (nSPS) is 12.7. The molecule has 0 atom stereocenters. The molecule has 4 aliphatic rings. The van der Waals surface area contributed by atoms with Gasteiger partial charge in [-0.3, -0.25) is 0 Å². The van der Waals surface area contributed by atoms with Crippen molar-refractivity contribution in [3.8, 4) is 66.8 Å². The van der Waals surface area contributed by atoms with Crippen molar-refractivity contribution in [2.75, 3.05) is 9.80 Å². The quantitative estimate of drug-likeness (QED) is 0.111. The van der Waals surface area contributed by atoms with Gasteiger partial charge in [0.2, 0.25) is 13.4 Å². The van der Waals surface area contributed by atoms with Crippen molar-refractivity contribution < 1.29 is 0 Å². The number of nitrogens with zero attached hydrogens (tertiary/aromatic N) is 2. The van der Waals surface area contributed by atoms with Gasteiger partial charge in [-0.05, 0) is 184 Å². The fourth-order valence-electron chi connectivity index (χ4n) is 15.1. The Balaban J connectivity index is 1.02. The highest BCUT2D eigenvalue weighted by atomic mass is 15.1. The average molecular weight is 1010 g/mol. The van der Waals surface area contributed by atoms with E-state index in [-0.39, 0.29) is 13.4 Å². The van der Waals surface area contributed by atoms with Gasteiger partial charge in [0.1, 0.15) is 0 Å².